The van der Waals surface area contributed by atoms with Gasteiger partial charge in [0.1, 0.15) is 0 Å². The van der Waals surface area contributed by atoms with Gasteiger partial charge < -0.3 is 5.73 Å². The van der Waals surface area contributed by atoms with E-state index in [-0.39, 0.29) is 0 Å². The number of allylic oxidation sites excluding steroid dienone is 1. The fourth-order valence-corrected chi connectivity index (χ4v) is 1.03. The summed E-state index contributed by atoms with van der Waals surface area (Å²) in [5.41, 5.74) is 8.22. The Morgan fingerprint density at radius 2 is 2.09 bits per heavy atom. The third-order valence-electron chi connectivity index (χ3n) is 1.50. The zero-order valence-electron chi connectivity index (χ0n) is 6.18. The molecule has 11 heavy (non-hydrogen) atoms. The van der Waals surface area contributed by atoms with E-state index in [0.29, 0.717) is 5.88 Å². The van der Waals surface area contributed by atoms with Crippen LogP contribution >= 0.6 is 11.6 Å². The SMILES string of the molecule is C=C(CCl)c1ccccc1N. The van der Waals surface area contributed by atoms with Crippen molar-refractivity contribution in [2.75, 3.05) is 11.6 Å². The highest BCUT2D eigenvalue weighted by atomic mass is 35.5. The number of alkyl halides is 1. The van der Waals surface area contributed by atoms with Crippen LogP contribution in [0.2, 0.25) is 0 Å². The van der Waals surface area contributed by atoms with Crippen LogP contribution in [-0.4, -0.2) is 5.88 Å². The second kappa shape index (κ2) is 3.44. The number of nitrogens with two attached hydrogens (primary N) is 1. The predicted octanol–water partition coefficient (Wildman–Crippen LogP) is 2.52. The van der Waals surface area contributed by atoms with Gasteiger partial charge in [0.25, 0.3) is 0 Å². The van der Waals surface area contributed by atoms with Crippen LogP contribution in [0.5, 0.6) is 0 Å². The van der Waals surface area contributed by atoms with E-state index in [1.54, 1.807) is 0 Å². The van der Waals surface area contributed by atoms with E-state index in [1.807, 2.05) is 24.3 Å². The van der Waals surface area contributed by atoms with E-state index in [2.05, 4.69) is 6.58 Å². The molecule has 0 aliphatic carbocycles. The quantitative estimate of drug-likeness (QED) is 0.532. The Bertz CT molecular complexity index is 268. The standard InChI is InChI=1S/C9H10ClN/c1-7(6-10)8-4-2-3-5-9(8)11/h2-5H,1,6,11H2. The summed E-state index contributed by atoms with van der Waals surface area (Å²) >= 11 is 5.60. The molecule has 0 saturated carbocycles. The molecule has 1 aromatic carbocycles. The van der Waals surface area contributed by atoms with Crippen LogP contribution in [0.3, 0.4) is 0 Å². The first-order chi connectivity index (χ1) is 5.25. The van der Waals surface area contributed by atoms with Crippen molar-refractivity contribution >= 4 is 22.9 Å². The monoisotopic (exact) mass is 167 g/mol. The normalized spacial score (nSPS) is 9.55. The Kier molecular flexibility index (Phi) is 2.55. The maximum absolute atomic E-state index is 5.68. The summed E-state index contributed by atoms with van der Waals surface area (Å²) in [6.45, 7) is 3.79. The minimum atomic E-state index is 0.425. The second-order valence-corrected chi connectivity index (χ2v) is 2.59. The van der Waals surface area contributed by atoms with Crippen LogP contribution in [0.1, 0.15) is 5.56 Å². The van der Waals surface area contributed by atoms with Gasteiger partial charge in [0.2, 0.25) is 0 Å². The summed E-state index contributed by atoms with van der Waals surface area (Å²) in [6, 6.07) is 7.57. The third-order valence-corrected chi connectivity index (χ3v) is 1.83. The highest BCUT2D eigenvalue weighted by Crippen LogP contribution is 2.19. The zero-order chi connectivity index (χ0) is 8.27. The minimum absolute atomic E-state index is 0.425. The van der Waals surface area contributed by atoms with Gasteiger partial charge in [0, 0.05) is 17.1 Å². The lowest BCUT2D eigenvalue weighted by Crippen LogP contribution is -1.92. The molecule has 0 spiro atoms. The fourth-order valence-electron chi connectivity index (χ4n) is 0.891. The van der Waals surface area contributed by atoms with Gasteiger partial charge in [-0.1, -0.05) is 24.8 Å². The van der Waals surface area contributed by atoms with Crippen molar-refractivity contribution in [3.63, 3.8) is 0 Å². The van der Waals surface area contributed by atoms with E-state index >= 15 is 0 Å². The van der Waals surface area contributed by atoms with Gasteiger partial charge in [-0.05, 0) is 11.6 Å². The average molecular weight is 168 g/mol. The lowest BCUT2D eigenvalue weighted by Gasteiger charge is -2.04. The summed E-state index contributed by atoms with van der Waals surface area (Å²) < 4.78 is 0. The Labute approximate surface area is 71.5 Å². The van der Waals surface area contributed by atoms with Gasteiger partial charge in [-0.25, -0.2) is 0 Å². The van der Waals surface area contributed by atoms with Crippen LogP contribution in [0, 0.1) is 0 Å². The molecule has 0 saturated heterocycles. The first-order valence-corrected chi connectivity index (χ1v) is 3.87. The van der Waals surface area contributed by atoms with Crippen LogP contribution < -0.4 is 5.73 Å². The molecule has 1 nitrogen and oxygen atoms in total. The molecule has 58 valence electrons. The van der Waals surface area contributed by atoms with Gasteiger partial charge in [0.05, 0.1) is 0 Å². The van der Waals surface area contributed by atoms with Crippen LogP contribution in [0.25, 0.3) is 5.57 Å². The van der Waals surface area contributed by atoms with Crippen molar-refractivity contribution in [1.82, 2.24) is 0 Å². The molecule has 2 N–H and O–H groups in total. The smallest absolute Gasteiger partial charge is 0.0474 e. The highest BCUT2D eigenvalue weighted by Gasteiger charge is 1.99. The van der Waals surface area contributed by atoms with Gasteiger partial charge >= 0.3 is 0 Å². The molecule has 0 aromatic heterocycles. The van der Waals surface area contributed by atoms with Gasteiger partial charge in [-0.15, -0.1) is 11.6 Å². The van der Waals surface area contributed by atoms with Crippen molar-refractivity contribution in [3.05, 3.63) is 36.4 Å². The predicted molar refractivity (Wildman–Crippen MR) is 50.6 cm³/mol. The molecule has 0 radical (unpaired) electrons. The van der Waals surface area contributed by atoms with Crippen molar-refractivity contribution < 1.29 is 0 Å². The maximum Gasteiger partial charge on any atom is 0.0474 e. The number of nitrogen functional groups attached to an aromatic ring is 1. The first kappa shape index (κ1) is 8.15. The summed E-state index contributed by atoms with van der Waals surface area (Å²) in [5, 5.41) is 0. The topological polar surface area (TPSA) is 26.0 Å². The van der Waals surface area contributed by atoms with Crippen molar-refractivity contribution in [3.8, 4) is 0 Å². The van der Waals surface area contributed by atoms with Crippen LogP contribution in [0.4, 0.5) is 5.69 Å². The molecule has 0 aliphatic heterocycles. The molecular formula is C9H10ClN. The third kappa shape index (κ3) is 1.75. The molecule has 0 aliphatic rings. The molecule has 0 atom stereocenters. The lowest BCUT2D eigenvalue weighted by atomic mass is 10.1. The summed E-state index contributed by atoms with van der Waals surface area (Å²) in [5.74, 6) is 0.425. The van der Waals surface area contributed by atoms with Crippen LogP contribution in [-0.2, 0) is 0 Å². The summed E-state index contributed by atoms with van der Waals surface area (Å²) in [4.78, 5) is 0. The maximum atomic E-state index is 5.68. The number of hydrogen-bond acceptors (Lipinski definition) is 1. The Hall–Kier alpha value is -0.950. The average Bonchev–Trinajstić information content (AvgIpc) is 2.04. The number of hydrogen-bond donors (Lipinski definition) is 1. The minimum Gasteiger partial charge on any atom is -0.398 e. The van der Waals surface area contributed by atoms with Crippen molar-refractivity contribution in [2.24, 2.45) is 0 Å². The number of benzene rings is 1. The van der Waals surface area contributed by atoms with E-state index in [1.165, 1.54) is 0 Å². The van der Waals surface area contributed by atoms with E-state index in [4.69, 9.17) is 17.3 Å². The zero-order valence-corrected chi connectivity index (χ0v) is 6.93. The molecule has 0 heterocycles. The van der Waals surface area contributed by atoms with Crippen molar-refractivity contribution in [2.45, 2.75) is 0 Å². The fraction of sp³-hybridized carbons (Fsp3) is 0.111. The molecule has 0 fully saturated rings. The molecule has 1 aromatic rings. The number of para-hydroxylation sites is 1. The van der Waals surface area contributed by atoms with Crippen molar-refractivity contribution in [1.29, 1.82) is 0 Å². The molecular weight excluding hydrogens is 158 g/mol. The Balaban J connectivity index is 3.03. The summed E-state index contributed by atoms with van der Waals surface area (Å²) in [7, 11) is 0. The lowest BCUT2D eigenvalue weighted by molar-refractivity contribution is 1.57. The van der Waals surface area contributed by atoms with Gasteiger partial charge in [-0.3, -0.25) is 0 Å². The molecule has 1 rings (SSSR count). The Morgan fingerprint density at radius 1 is 1.45 bits per heavy atom. The molecule has 0 unspecified atom stereocenters. The number of anilines is 1. The number of halogens is 1. The van der Waals surface area contributed by atoms with Gasteiger partial charge in [-0.2, -0.15) is 0 Å². The van der Waals surface area contributed by atoms with E-state index in [9.17, 15) is 0 Å². The molecule has 0 bridgehead atoms. The number of rotatable bonds is 2. The highest BCUT2D eigenvalue weighted by molar-refractivity contribution is 6.23. The van der Waals surface area contributed by atoms with E-state index < -0.39 is 0 Å². The molecule has 2 heteroatoms. The largest absolute Gasteiger partial charge is 0.398 e. The molecule has 0 amide bonds. The second-order valence-electron chi connectivity index (χ2n) is 2.32. The van der Waals surface area contributed by atoms with E-state index in [0.717, 1.165) is 16.8 Å². The first-order valence-electron chi connectivity index (χ1n) is 3.34. The Morgan fingerprint density at radius 3 is 2.64 bits per heavy atom. The summed E-state index contributed by atoms with van der Waals surface area (Å²) in [6.07, 6.45) is 0. The van der Waals surface area contributed by atoms with Gasteiger partial charge in [0.15, 0.2) is 0 Å². The van der Waals surface area contributed by atoms with Crippen LogP contribution in [0.15, 0.2) is 30.8 Å².